The molecule has 1 aromatic heterocycles. The summed E-state index contributed by atoms with van der Waals surface area (Å²) in [7, 11) is 0. The van der Waals surface area contributed by atoms with Crippen LogP contribution in [0.3, 0.4) is 0 Å². The molecule has 4 nitrogen and oxygen atoms in total. The topological polar surface area (TPSA) is 26.0 Å². The van der Waals surface area contributed by atoms with Gasteiger partial charge in [0.25, 0.3) is 0 Å². The number of fused-ring (bicyclic) bond motifs is 1. The van der Waals surface area contributed by atoms with E-state index in [2.05, 4.69) is 16.4 Å². The fraction of sp³-hybridized carbons (Fsp3) is 0.600. The highest BCUT2D eigenvalue weighted by molar-refractivity contribution is 7.71. The molecule has 146 valence electrons. The molecule has 0 radical (unpaired) electrons. The van der Waals surface area contributed by atoms with Gasteiger partial charge in [0, 0.05) is 29.7 Å². The smallest absolute Gasteiger partial charge is 0.199 e. The summed E-state index contributed by atoms with van der Waals surface area (Å²) in [6, 6.07) is 6.22. The highest BCUT2D eigenvalue weighted by Gasteiger charge is 2.33. The summed E-state index contributed by atoms with van der Waals surface area (Å²) in [5, 5.41) is 6.11. The molecule has 2 aromatic rings. The van der Waals surface area contributed by atoms with Crippen molar-refractivity contribution < 1.29 is 0 Å². The van der Waals surface area contributed by atoms with E-state index in [0.29, 0.717) is 16.1 Å². The molecule has 1 aromatic carbocycles. The molecule has 1 aliphatic heterocycles. The van der Waals surface area contributed by atoms with Crippen LogP contribution < -0.4 is 0 Å². The maximum absolute atomic E-state index is 6.45. The van der Waals surface area contributed by atoms with Crippen molar-refractivity contribution in [2.75, 3.05) is 6.54 Å². The first-order valence-corrected chi connectivity index (χ1v) is 11.1. The molecule has 2 heterocycles. The van der Waals surface area contributed by atoms with Crippen molar-refractivity contribution in [1.29, 1.82) is 0 Å². The Kier molecular flexibility index (Phi) is 5.93. The zero-order valence-electron chi connectivity index (χ0n) is 15.7. The van der Waals surface area contributed by atoms with Crippen LogP contribution in [0.15, 0.2) is 18.2 Å². The lowest BCUT2D eigenvalue weighted by Gasteiger charge is -2.43. The molecule has 2 aliphatic rings. The molecule has 2 unspecified atom stereocenters. The maximum Gasteiger partial charge on any atom is 0.199 e. The number of halogens is 2. The van der Waals surface area contributed by atoms with Crippen LogP contribution >= 0.6 is 35.4 Å². The second-order valence-electron chi connectivity index (χ2n) is 7.68. The fourth-order valence-electron chi connectivity index (χ4n) is 4.76. The summed E-state index contributed by atoms with van der Waals surface area (Å²) in [6.07, 6.45) is 8.07. The molecule has 0 spiro atoms. The van der Waals surface area contributed by atoms with Crippen molar-refractivity contribution in [1.82, 2.24) is 19.2 Å². The van der Waals surface area contributed by atoms with E-state index in [4.69, 9.17) is 40.5 Å². The second-order valence-corrected chi connectivity index (χ2v) is 8.89. The van der Waals surface area contributed by atoms with Crippen molar-refractivity contribution >= 4 is 35.4 Å². The Morgan fingerprint density at radius 1 is 1.15 bits per heavy atom. The Morgan fingerprint density at radius 3 is 2.70 bits per heavy atom. The lowest BCUT2D eigenvalue weighted by Crippen LogP contribution is -2.47. The highest BCUT2D eigenvalue weighted by Crippen LogP contribution is 2.36. The van der Waals surface area contributed by atoms with Crippen molar-refractivity contribution in [2.45, 2.75) is 64.7 Å². The first kappa shape index (κ1) is 19.4. The maximum atomic E-state index is 6.45. The van der Waals surface area contributed by atoms with Crippen LogP contribution in [-0.4, -0.2) is 31.8 Å². The lowest BCUT2D eigenvalue weighted by atomic mass is 9.78. The Hall–Kier alpha value is -0.880. The van der Waals surface area contributed by atoms with Crippen LogP contribution in [0.5, 0.6) is 0 Å². The van der Waals surface area contributed by atoms with Gasteiger partial charge < -0.3 is 4.57 Å². The molecule has 0 bridgehead atoms. The van der Waals surface area contributed by atoms with Crippen LogP contribution in [-0.2, 0) is 13.2 Å². The standard InChI is InChI=1S/C20H26Cl2N4S/c1-2-25-19(16-10-9-15(21)12-17(16)22)23-26(20(25)27)13-24-11-5-7-14-6-3-4-8-18(14)24/h9-10,12,14,18H,2-8,11,13H2,1H3. The molecule has 1 saturated heterocycles. The number of piperidine rings is 1. The zero-order valence-corrected chi connectivity index (χ0v) is 18.0. The van der Waals surface area contributed by atoms with Gasteiger partial charge >= 0.3 is 0 Å². The summed E-state index contributed by atoms with van der Waals surface area (Å²) in [5.41, 5.74) is 0.877. The number of hydrogen-bond acceptors (Lipinski definition) is 3. The Bertz CT molecular complexity index is 873. The normalized spacial score (nSPS) is 23.4. The van der Waals surface area contributed by atoms with Crippen LogP contribution in [0, 0.1) is 10.7 Å². The summed E-state index contributed by atoms with van der Waals surface area (Å²) in [6.45, 7) is 4.76. The van der Waals surface area contributed by atoms with E-state index in [-0.39, 0.29) is 0 Å². The summed E-state index contributed by atoms with van der Waals surface area (Å²) in [5.74, 6) is 1.67. The van der Waals surface area contributed by atoms with Crippen molar-refractivity contribution in [2.24, 2.45) is 5.92 Å². The Morgan fingerprint density at radius 2 is 1.93 bits per heavy atom. The number of rotatable bonds is 4. The van der Waals surface area contributed by atoms with Gasteiger partial charge in [0.15, 0.2) is 10.6 Å². The average molecular weight is 425 g/mol. The molecule has 27 heavy (non-hydrogen) atoms. The van der Waals surface area contributed by atoms with E-state index in [9.17, 15) is 0 Å². The molecule has 2 fully saturated rings. The van der Waals surface area contributed by atoms with E-state index < -0.39 is 0 Å². The molecule has 0 amide bonds. The van der Waals surface area contributed by atoms with Crippen LogP contribution in [0.25, 0.3) is 11.4 Å². The lowest BCUT2D eigenvalue weighted by molar-refractivity contribution is 0.0323. The summed E-state index contributed by atoms with van der Waals surface area (Å²) >= 11 is 18.3. The minimum absolute atomic E-state index is 0.606. The third-order valence-corrected chi connectivity index (χ3v) is 7.06. The molecular formula is C20H26Cl2N4S. The quantitative estimate of drug-likeness (QED) is 0.561. The zero-order chi connectivity index (χ0) is 19.0. The molecule has 0 N–H and O–H groups in total. The van der Waals surface area contributed by atoms with E-state index in [1.165, 1.54) is 38.5 Å². The minimum atomic E-state index is 0.606. The molecule has 4 rings (SSSR count). The van der Waals surface area contributed by atoms with Gasteiger partial charge in [-0.05, 0) is 68.9 Å². The molecular weight excluding hydrogens is 399 g/mol. The van der Waals surface area contributed by atoms with Gasteiger partial charge in [0.05, 0.1) is 11.7 Å². The SMILES string of the molecule is CCn1c(-c2ccc(Cl)cc2Cl)nn(CN2CCCC3CCCCC32)c1=S. The van der Waals surface area contributed by atoms with Crippen LogP contribution in [0.4, 0.5) is 0 Å². The number of nitrogens with zero attached hydrogens (tertiary/aromatic N) is 4. The number of aromatic nitrogens is 3. The van der Waals surface area contributed by atoms with E-state index in [0.717, 1.165) is 41.8 Å². The first-order chi connectivity index (χ1) is 13.1. The van der Waals surface area contributed by atoms with E-state index in [1.807, 2.05) is 16.8 Å². The van der Waals surface area contributed by atoms with Gasteiger partial charge in [-0.25, -0.2) is 4.68 Å². The van der Waals surface area contributed by atoms with Crippen molar-refractivity contribution in [3.05, 3.63) is 33.0 Å². The average Bonchev–Trinajstić information content (AvgIpc) is 2.97. The monoisotopic (exact) mass is 424 g/mol. The van der Waals surface area contributed by atoms with Crippen molar-refractivity contribution in [3.63, 3.8) is 0 Å². The number of likely N-dealkylation sites (tertiary alicyclic amines) is 1. The van der Waals surface area contributed by atoms with Gasteiger partial charge in [-0.15, -0.1) is 0 Å². The van der Waals surface area contributed by atoms with Crippen molar-refractivity contribution in [3.8, 4) is 11.4 Å². The third kappa shape index (κ3) is 3.84. The molecule has 7 heteroatoms. The predicted molar refractivity (Wildman–Crippen MR) is 114 cm³/mol. The molecule has 2 atom stereocenters. The van der Waals surface area contributed by atoms with E-state index in [1.54, 1.807) is 6.07 Å². The number of hydrogen-bond donors (Lipinski definition) is 0. The third-order valence-electron chi connectivity index (χ3n) is 6.08. The van der Waals surface area contributed by atoms with Gasteiger partial charge in [-0.1, -0.05) is 36.0 Å². The Balaban J connectivity index is 1.66. The van der Waals surface area contributed by atoms with Gasteiger partial charge in [-0.3, -0.25) is 4.90 Å². The summed E-state index contributed by atoms with van der Waals surface area (Å²) in [4.78, 5) is 2.60. The van der Waals surface area contributed by atoms with Crippen LogP contribution in [0.1, 0.15) is 45.4 Å². The minimum Gasteiger partial charge on any atom is -0.300 e. The number of benzene rings is 1. The highest BCUT2D eigenvalue weighted by atomic mass is 35.5. The molecule has 1 saturated carbocycles. The van der Waals surface area contributed by atoms with E-state index >= 15 is 0 Å². The first-order valence-electron chi connectivity index (χ1n) is 9.95. The van der Waals surface area contributed by atoms with Gasteiger partial charge in [-0.2, -0.15) is 5.10 Å². The summed E-state index contributed by atoms with van der Waals surface area (Å²) < 4.78 is 4.81. The largest absolute Gasteiger partial charge is 0.300 e. The molecule has 1 aliphatic carbocycles. The van der Waals surface area contributed by atoms with Gasteiger partial charge in [0.2, 0.25) is 0 Å². The van der Waals surface area contributed by atoms with Gasteiger partial charge in [0.1, 0.15) is 0 Å². The predicted octanol–water partition coefficient (Wildman–Crippen LogP) is 6.02. The fourth-order valence-corrected chi connectivity index (χ4v) is 5.57. The second kappa shape index (κ2) is 8.24. The Labute approximate surface area is 176 Å². The van der Waals surface area contributed by atoms with Crippen LogP contribution in [0.2, 0.25) is 10.0 Å².